The molecule has 0 N–H and O–H groups in total. The lowest BCUT2D eigenvalue weighted by Gasteiger charge is -2.09. The number of hydrogen-bond acceptors (Lipinski definition) is 4. The maximum Gasteiger partial charge on any atom is 0.311 e. The van der Waals surface area contributed by atoms with E-state index in [1.165, 1.54) is 4.90 Å². The van der Waals surface area contributed by atoms with E-state index in [0.29, 0.717) is 0 Å². The number of carbonyl (C=O) groups excluding carboxylic acids is 1. The Bertz CT molecular complexity index is 970. The zero-order valence-electron chi connectivity index (χ0n) is 16.6. The van der Waals surface area contributed by atoms with Crippen molar-refractivity contribution in [3.05, 3.63) is 90.5 Å². The Hall–Kier alpha value is -2.72. The van der Waals surface area contributed by atoms with Gasteiger partial charge in [-0.15, -0.1) is 11.8 Å². The van der Waals surface area contributed by atoms with Crippen LogP contribution in [0.15, 0.2) is 89.8 Å². The van der Waals surface area contributed by atoms with E-state index in [9.17, 15) is 4.79 Å². The number of ether oxygens (including phenoxy) is 2. The van der Waals surface area contributed by atoms with Crippen molar-refractivity contribution in [3.63, 3.8) is 0 Å². The minimum absolute atomic E-state index is 0.0597. The zero-order chi connectivity index (χ0) is 20.3. The smallest absolute Gasteiger partial charge is 0.311 e. The van der Waals surface area contributed by atoms with Crippen LogP contribution in [0.4, 0.5) is 0 Å². The van der Waals surface area contributed by atoms with E-state index in [-0.39, 0.29) is 29.2 Å². The molecule has 4 rings (SSSR count). The predicted molar refractivity (Wildman–Crippen MR) is 116 cm³/mol. The quantitative estimate of drug-likeness (QED) is 0.431. The first-order chi connectivity index (χ1) is 14.0. The Morgan fingerprint density at radius 1 is 0.897 bits per heavy atom. The van der Waals surface area contributed by atoms with Gasteiger partial charge >= 0.3 is 5.97 Å². The van der Waals surface area contributed by atoms with Gasteiger partial charge in [-0.2, -0.15) is 0 Å². The largest absolute Gasteiger partial charge is 0.461 e. The van der Waals surface area contributed by atoms with E-state index >= 15 is 0 Å². The first-order valence-electron chi connectivity index (χ1n) is 9.74. The third-order valence-corrected chi connectivity index (χ3v) is 6.93. The topological polar surface area (TPSA) is 35.5 Å². The fourth-order valence-corrected chi connectivity index (χ4v) is 5.03. The first kappa shape index (κ1) is 19.6. The molecule has 0 aliphatic heterocycles. The van der Waals surface area contributed by atoms with Crippen molar-refractivity contribution in [2.45, 2.75) is 30.6 Å². The Labute approximate surface area is 176 Å². The highest BCUT2D eigenvalue weighted by Crippen LogP contribution is 2.61. The van der Waals surface area contributed by atoms with Gasteiger partial charge in [-0.3, -0.25) is 4.79 Å². The molecule has 1 saturated carbocycles. The lowest BCUT2D eigenvalue weighted by Crippen LogP contribution is -2.10. The summed E-state index contributed by atoms with van der Waals surface area (Å²) >= 11 is 1.76. The predicted octanol–water partition coefficient (Wildman–Crippen LogP) is 6.34. The van der Waals surface area contributed by atoms with Crippen molar-refractivity contribution in [1.29, 1.82) is 0 Å². The average Bonchev–Trinajstić information content (AvgIpc) is 3.28. The van der Waals surface area contributed by atoms with Crippen LogP contribution >= 0.6 is 11.8 Å². The lowest BCUT2D eigenvalue weighted by atomic mass is 10.1. The van der Waals surface area contributed by atoms with Crippen molar-refractivity contribution >= 4 is 17.7 Å². The molecule has 1 aliphatic carbocycles. The monoisotopic (exact) mass is 404 g/mol. The van der Waals surface area contributed by atoms with Crippen LogP contribution < -0.4 is 4.74 Å². The third-order valence-electron chi connectivity index (χ3n) is 5.25. The molecule has 3 aromatic carbocycles. The molecule has 3 aromatic rings. The van der Waals surface area contributed by atoms with Gasteiger partial charge in [0.15, 0.2) is 0 Å². The van der Waals surface area contributed by atoms with Crippen LogP contribution in [0.3, 0.4) is 0 Å². The molecule has 3 nitrogen and oxygen atoms in total. The minimum atomic E-state index is -0.127. The minimum Gasteiger partial charge on any atom is -0.461 e. The molecular formula is C25H24O3S. The standard InChI is InChI=1S/C25H24O3S/c1-25(2)22(23(25)29-21-14-7-4-8-15-21)24(26)27-17-18-10-9-13-20(16-18)28-19-11-5-3-6-12-19/h3-16,22-23H,17H2,1-2H3. The summed E-state index contributed by atoms with van der Waals surface area (Å²) < 4.78 is 11.5. The maximum absolute atomic E-state index is 12.7. The molecule has 0 aromatic heterocycles. The first-order valence-corrected chi connectivity index (χ1v) is 10.6. The third kappa shape index (κ3) is 4.65. The molecule has 29 heavy (non-hydrogen) atoms. The highest BCUT2D eigenvalue weighted by Gasteiger charge is 2.63. The molecule has 1 fully saturated rings. The number of esters is 1. The van der Waals surface area contributed by atoms with Crippen molar-refractivity contribution in [2.75, 3.05) is 0 Å². The number of rotatable bonds is 7. The Morgan fingerprint density at radius 2 is 1.55 bits per heavy atom. The molecule has 2 unspecified atom stereocenters. The van der Waals surface area contributed by atoms with Gasteiger partial charge in [0.1, 0.15) is 18.1 Å². The number of hydrogen-bond donors (Lipinski definition) is 0. The van der Waals surface area contributed by atoms with Crippen LogP contribution in [0.1, 0.15) is 19.4 Å². The van der Waals surface area contributed by atoms with Gasteiger partial charge in [0.25, 0.3) is 0 Å². The number of thioether (sulfide) groups is 1. The number of para-hydroxylation sites is 1. The summed E-state index contributed by atoms with van der Waals surface area (Å²) in [5.41, 5.74) is 0.855. The van der Waals surface area contributed by atoms with Crippen LogP contribution in [0.25, 0.3) is 0 Å². The van der Waals surface area contributed by atoms with Crippen LogP contribution in [-0.4, -0.2) is 11.2 Å². The van der Waals surface area contributed by atoms with Gasteiger partial charge in [-0.05, 0) is 47.4 Å². The van der Waals surface area contributed by atoms with Crippen LogP contribution in [0.2, 0.25) is 0 Å². The van der Waals surface area contributed by atoms with Gasteiger partial charge in [0.05, 0.1) is 5.92 Å². The Kier molecular flexibility index (Phi) is 5.63. The highest BCUT2D eigenvalue weighted by atomic mass is 32.2. The van der Waals surface area contributed by atoms with E-state index in [1.807, 2.05) is 72.8 Å². The second-order valence-electron chi connectivity index (χ2n) is 7.82. The summed E-state index contributed by atoms with van der Waals surface area (Å²) in [5.74, 6) is 1.30. The second kappa shape index (κ2) is 8.34. The zero-order valence-corrected chi connectivity index (χ0v) is 17.4. The van der Waals surface area contributed by atoms with E-state index in [4.69, 9.17) is 9.47 Å². The SMILES string of the molecule is CC1(C)C(Sc2ccccc2)C1C(=O)OCc1cccc(Oc2ccccc2)c1. The van der Waals surface area contributed by atoms with Gasteiger partial charge in [0, 0.05) is 10.1 Å². The second-order valence-corrected chi connectivity index (χ2v) is 9.04. The molecule has 0 radical (unpaired) electrons. The maximum atomic E-state index is 12.7. The van der Waals surface area contributed by atoms with Crippen molar-refractivity contribution < 1.29 is 14.3 Å². The Balaban J connectivity index is 1.34. The summed E-state index contributed by atoms with van der Waals surface area (Å²) in [6, 6.07) is 27.5. The summed E-state index contributed by atoms with van der Waals surface area (Å²) in [6.07, 6.45) is 0. The summed E-state index contributed by atoms with van der Waals surface area (Å²) in [6.45, 7) is 4.52. The van der Waals surface area contributed by atoms with Crippen molar-refractivity contribution in [1.82, 2.24) is 0 Å². The van der Waals surface area contributed by atoms with Crippen LogP contribution in [0, 0.1) is 11.3 Å². The van der Waals surface area contributed by atoms with E-state index in [0.717, 1.165) is 17.1 Å². The fraction of sp³-hybridized carbons (Fsp3) is 0.240. The molecule has 148 valence electrons. The fourth-order valence-electron chi connectivity index (χ4n) is 3.45. The molecular weight excluding hydrogens is 380 g/mol. The molecule has 0 saturated heterocycles. The van der Waals surface area contributed by atoms with Gasteiger partial charge in [-0.1, -0.05) is 62.4 Å². The van der Waals surface area contributed by atoms with Crippen molar-refractivity contribution in [2.24, 2.45) is 11.3 Å². The molecule has 0 heterocycles. The summed E-state index contributed by atoms with van der Waals surface area (Å²) in [7, 11) is 0. The lowest BCUT2D eigenvalue weighted by molar-refractivity contribution is -0.147. The number of carbonyl (C=O) groups is 1. The summed E-state index contributed by atoms with van der Waals surface area (Å²) in [5, 5.41) is 0.241. The molecule has 1 aliphatic rings. The van der Waals surface area contributed by atoms with Crippen LogP contribution in [0.5, 0.6) is 11.5 Å². The van der Waals surface area contributed by atoms with E-state index < -0.39 is 0 Å². The van der Waals surface area contributed by atoms with E-state index in [1.54, 1.807) is 11.8 Å². The van der Waals surface area contributed by atoms with E-state index in [2.05, 4.69) is 26.0 Å². The molecule has 0 amide bonds. The molecule has 2 atom stereocenters. The summed E-state index contributed by atoms with van der Waals surface area (Å²) in [4.78, 5) is 13.9. The van der Waals surface area contributed by atoms with Gasteiger partial charge in [0.2, 0.25) is 0 Å². The molecule has 4 heteroatoms. The highest BCUT2D eigenvalue weighted by molar-refractivity contribution is 8.00. The van der Waals surface area contributed by atoms with Crippen LogP contribution in [-0.2, 0) is 16.1 Å². The normalized spacial score (nSPS) is 19.4. The van der Waals surface area contributed by atoms with Gasteiger partial charge in [-0.25, -0.2) is 0 Å². The Morgan fingerprint density at radius 3 is 2.28 bits per heavy atom. The average molecular weight is 405 g/mol. The number of benzene rings is 3. The molecule has 0 bridgehead atoms. The van der Waals surface area contributed by atoms with Crippen molar-refractivity contribution in [3.8, 4) is 11.5 Å². The van der Waals surface area contributed by atoms with Gasteiger partial charge < -0.3 is 9.47 Å². The molecule has 0 spiro atoms.